The van der Waals surface area contributed by atoms with Gasteiger partial charge < -0.3 is 0 Å². The predicted octanol–water partition coefficient (Wildman–Crippen LogP) is 3.00. The molecule has 3 nitrogen and oxygen atoms in total. The van der Waals surface area contributed by atoms with E-state index in [-0.39, 0.29) is 5.56 Å². The third-order valence-electron chi connectivity index (χ3n) is 2.85. The van der Waals surface area contributed by atoms with Crippen molar-refractivity contribution in [2.24, 2.45) is 0 Å². The number of carbonyl (C=O) groups is 1. The van der Waals surface area contributed by atoms with Gasteiger partial charge in [0.05, 0.1) is 17.0 Å². The van der Waals surface area contributed by atoms with Gasteiger partial charge in [-0.15, -0.1) is 0 Å². The summed E-state index contributed by atoms with van der Waals surface area (Å²) < 4.78 is 39.7. The molecule has 0 spiro atoms. The number of hydrogen-bond acceptors (Lipinski definition) is 3. The number of rotatable bonds is 3. The van der Waals surface area contributed by atoms with Crippen LogP contribution in [0.3, 0.4) is 0 Å². The number of nitrogens with zero attached hydrogens (tertiary/aromatic N) is 2. The Morgan fingerprint density at radius 2 is 1.80 bits per heavy atom. The number of ketones is 1. The molecule has 0 saturated carbocycles. The van der Waals surface area contributed by atoms with Gasteiger partial charge in [0, 0.05) is 5.56 Å². The lowest BCUT2D eigenvalue weighted by Crippen LogP contribution is -2.12. The molecule has 2 rings (SSSR count). The molecule has 0 aliphatic heterocycles. The van der Waals surface area contributed by atoms with E-state index in [0.717, 1.165) is 12.1 Å². The van der Waals surface area contributed by atoms with Crippen molar-refractivity contribution >= 4 is 5.78 Å². The molecule has 1 aromatic carbocycles. The molecule has 6 heteroatoms. The van der Waals surface area contributed by atoms with E-state index in [0.29, 0.717) is 17.8 Å². The molecule has 2 aromatic rings. The second-order valence-electron chi connectivity index (χ2n) is 4.25. The molecule has 0 radical (unpaired) electrons. The molecular weight excluding hydrogens is 269 g/mol. The van der Waals surface area contributed by atoms with E-state index in [9.17, 15) is 18.0 Å². The molecule has 0 unspecified atom stereocenters. The van der Waals surface area contributed by atoms with Gasteiger partial charge in [0.2, 0.25) is 0 Å². The summed E-state index contributed by atoms with van der Waals surface area (Å²) in [7, 11) is 0. The van der Waals surface area contributed by atoms with E-state index >= 15 is 0 Å². The number of carbonyl (C=O) groups excluding carboxylic acids is 1. The van der Waals surface area contributed by atoms with Crippen LogP contribution >= 0.6 is 0 Å². The van der Waals surface area contributed by atoms with Crippen LogP contribution in [0.15, 0.2) is 18.2 Å². The molecule has 104 valence electrons. The van der Waals surface area contributed by atoms with Gasteiger partial charge in [0.15, 0.2) is 23.2 Å². The lowest BCUT2D eigenvalue weighted by Gasteiger charge is -2.08. The number of halogens is 3. The first kappa shape index (κ1) is 14.2. The largest absolute Gasteiger partial charge is 0.288 e. The van der Waals surface area contributed by atoms with Gasteiger partial charge in [-0.3, -0.25) is 4.79 Å². The van der Waals surface area contributed by atoms with Crippen molar-refractivity contribution in [1.82, 2.24) is 10.2 Å². The van der Waals surface area contributed by atoms with Crippen molar-refractivity contribution in [3.8, 4) is 0 Å². The van der Waals surface area contributed by atoms with Crippen molar-refractivity contribution in [3.05, 3.63) is 58.2 Å². The van der Waals surface area contributed by atoms with Crippen LogP contribution in [-0.2, 0) is 6.42 Å². The maximum absolute atomic E-state index is 13.7. The fourth-order valence-corrected chi connectivity index (χ4v) is 1.82. The first-order chi connectivity index (χ1) is 9.45. The second kappa shape index (κ2) is 5.40. The van der Waals surface area contributed by atoms with Gasteiger partial charge in [-0.2, -0.15) is 10.2 Å². The number of aromatic nitrogens is 2. The predicted molar refractivity (Wildman–Crippen MR) is 65.9 cm³/mol. The summed E-state index contributed by atoms with van der Waals surface area (Å²) in [5.41, 5.74) is 0.481. The third kappa shape index (κ3) is 2.41. The van der Waals surface area contributed by atoms with E-state index in [1.807, 2.05) is 0 Å². The van der Waals surface area contributed by atoms with Crippen LogP contribution < -0.4 is 0 Å². The Hall–Kier alpha value is -2.24. The number of benzene rings is 1. The maximum Gasteiger partial charge on any atom is 0.198 e. The van der Waals surface area contributed by atoms with Crippen LogP contribution in [0.5, 0.6) is 0 Å². The minimum atomic E-state index is -1.66. The van der Waals surface area contributed by atoms with Crippen molar-refractivity contribution in [1.29, 1.82) is 0 Å². The molecule has 0 fully saturated rings. The van der Waals surface area contributed by atoms with Gasteiger partial charge >= 0.3 is 0 Å². The van der Waals surface area contributed by atoms with Crippen LogP contribution in [0.25, 0.3) is 0 Å². The van der Waals surface area contributed by atoms with Gasteiger partial charge in [-0.05, 0) is 31.5 Å². The quantitative estimate of drug-likeness (QED) is 0.641. The van der Waals surface area contributed by atoms with Crippen LogP contribution in [0, 0.1) is 24.4 Å². The monoisotopic (exact) mass is 280 g/mol. The Morgan fingerprint density at radius 3 is 2.45 bits per heavy atom. The highest BCUT2D eigenvalue weighted by Gasteiger charge is 2.22. The molecule has 0 saturated heterocycles. The zero-order valence-electron chi connectivity index (χ0n) is 10.9. The highest BCUT2D eigenvalue weighted by molar-refractivity contribution is 6.09. The van der Waals surface area contributed by atoms with Crippen molar-refractivity contribution < 1.29 is 18.0 Å². The lowest BCUT2D eigenvalue weighted by molar-refractivity contribution is 0.103. The van der Waals surface area contributed by atoms with E-state index in [1.165, 1.54) is 6.07 Å². The summed E-state index contributed by atoms with van der Waals surface area (Å²) in [5.74, 6) is -5.23. The van der Waals surface area contributed by atoms with E-state index in [2.05, 4.69) is 10.2 Å². The molecule has 0 amide bonds. The maximum atomic E-state index is 13.7. The Labute approximate surface area is 113 Å². The molecule has 0 bridgehead atoms. The smallest absolute Gasteiger partial charge is 0.198 e. The van der Waals surface area contributed by atoms with E-state index in [1.54, 1.807) is 13.8 Å². The highest BCUT2D eigenvalue weighted by atomic mass is 19.2. The molecule has 0 N–H and O–H groups in total. The Kier molecular flexibility index (Phi) is 3.83. The zero-order valence-corrected chi connectivity index (χ0v) is 10.9. The molecule has 0 atom stereocenters. The first-order valence-corrected chi connectivity index (χ1v) is 5.97. The molecule has 0 aliphatic rings. The zero-order chi connectivity index (χ0) is 14.9. The third-order valence-corrected chi connectivity index (χ3v) is 2.85. The summed E-state index contributed by atoms with van der Waals surface area (Å²) in [6, 6.07) is 3.10. The number of aryl methyl sites for hydroxylation is 2. The summed E-state index contributed by atoms with van der Waals surface area (Å²) in [6.07, 6.45) is 0.416. The van der Waals surface area contributed by atoms with Crippen molar-refractivity contribution in [3.63, 3.8) is 0 Å². The van der Waals surface area contributed by atoms with Crippen molar-refractivity contribution in [2.75, 3.05) is 0 Å². The van der Waals surface area contributed by atoms with Crippen molar-refractivity contribution in [2.45, 2.75) is 20.3 Å². The van der Waals surface area contributed by atoms with E-state index in [4.69, 9.17) is 0 Å². The van der Waals surface area contributed by atoms with Gasteiger partial charge in [-0.25, -0.2) is 13.2 Å². The summed E-state index contributed by atoms with van der Waals surface area (Å²) >= 11 is 0. The van der Waals surface area contributed by atoms with Gasteiger partial charge in [0.1, 0.15) is 0 Å². The van der Waals surface area contributed by atoms with Gasteiger partial charge in [-0.1, -0.05) is 6.92 Å². The van der Waals surface area contributed by atoms with Gasteiger partial charge in [0.25, 0.3) is 0 Å². The number of hydrogen-bond donors (Lipinski definition) is 0. The summed E-state index contributed by atoms with van der Waals surface area (Å²) in [6.45, 7) is 3.39. The molecular formula is C14H11F3N2O. The minimum Gasteiger partial charge on any atom is -0.288 e. The van der Waals surface area contributed by atoms with Crippen LogP contribution in [0.2, 0.25) is 0 Å². The lowest BCUT2D eigenvalue weighted by atomic mass is 10.00. The Bertz CT molecular complexity index is 686. The second-order valence-corrected chi connectivity index (χ2v) is 4.25. The standard InChI is InChI=1S/C14H11F3N2O/c1-3-11-9(6-7(2)18-19-11)14(20)8-4-5-10(15)13(17)12(8)16/h4-6H,3H2,1-2H3. The van der Waals surface area contributed by atoms with Crippen LogP contribution in [-0.4, -0.2) is 16.0 Å². The molecule has 0 aliphatic carbocycles. The fourth-order valence-electron chi connectivity index (χ4n) is 1.82. The first-order valence-electron chi connectivity index (χ1n) is 5.97. The minimum absolute atomic E-state index is 0.143. The summed E-state index contributed by atoms with van der Waals surface area (Å²) in [5, 5.41) is 7.66. The highest BCUT2D eigenvalue weighted by Crippen LogP contribution is 2.20. The fraction of sp³-hybridized carbons (Fsp3) is 0.214. The van der Waals surface area contributed by atoms with E-state index < -0.39 is 28.8 Å². The molecule has 1 aromatic heterocycles. The Balaban J connectivity index is 2.57. The molecule has 20 heavy (non-hydrogen) atoms. The van der Waals surface area contributed by atoms with Crippen LogP contribution in [0.4, 0.5) is 13.2 Å². The molecule has 1 heterocycles. The average molecular weight is 280 g/mol. The van der Waals surface area contributed by atoms with Crippen LogP contribution in [0.1, 0.15) is 34.2 Å². The topological polar surface area (TPSA) is 42.9 Å². The summed E-state index contributed by atoms with van der Waals surface area (Å²) in [4.78, 5) is 12.3. The Morgan fingerprint density at radius 1 is 1.10 bits per heavy atom. The normalized spacial score (nSPS) is 10.7. The SMILES string of the molecule is CCc1nnc(C)cc1C(=O)c1ccc(F)c(F)c1F. The average Bonchev–Trinajstić information content (AvgIpc) is 2.44.